The van der Waals surface area contributed by atoms with Crippen molar-refractivity contribution in [3.8, 4) is 11.4 Å². The van der Waals surface area contributed by atoms with Crippen LogP contribution < -0.4 is 4.74 Å². The number of benzene rings is 1. The molecule has 1 aromatic carbocycles. The van der Waals surface area contributed by atoms with Crippen LogP contribution in [0.5, 0.6) is 5.75 Å². The fourth-order valence-electron chi connectivity index (χ4n) is 6.27. The van der Waals surface area contributed by atoms with Gasteiger partial charge in [-0.25, -0.2) is 0 Å². The van der Waals surface area contributed by atoms with Gasteiger partial charge in [0.1, 0.15) is 22.8 Å². The summed E-state index contributed by atoms with van der Waals surface area (Å²) in [4.78, 5) is 27.7. The zero-order valence-corrected chi connectivity index (χ0v) is 18.3. The third-order valence-corrected chi connectivity index (χ3v) is 7.79. The first-order valence-corrected chi connectivity index (χ1v) is 11.3. The quantitative estimate of drug-likeness (QED) is 0.682. The molecular weight excluding hydrogens is 426 g/mol. The van der Waals surface area contributed by atoms with Crippen LogP contribution in [0.2, 0.25) is 0 Å². The van der Waals surface area contributed by atoms with E-state index in [0.29, 0.717) is 25.2 Å². The molecule has 1 saturated carbocycles. The number of nitrogens with zero attached hydrogens (tertiary/aromatic N) is 5. The average Bonchev–Trinajstić information content (AvgIpc) is 3.60. The molecule has 4 unspecified atom stereocenters. The summed E-state index contributed by atoms with van der Waals surface area (Å²) in [6.07, 6.45) is 7.48. The molecule has 1 amide bonds. The van der Waals surface area contributed by atoms with Gasteiger partial charge < -0.3 is 19.5 Å². The third-order valence-electron chi connectivity index (χ3n) is 7.79. The molecule has 10 nitrogen and oxygen atoms in total. The van der Waals surface area contributed by atoms with Crippen molar-refractivity contribution in [3.05, 3.63) is 42.2 Å². The molecule has 6 rings (SSSR count). The maximum Gasteiger partial charge on any atom is 0.310 e. The van der Waals surface area contributed by atoms with E-state index in [0.717, 1.165) is 30.7 Å². The normalized spacial score (nSPS) is 31.7. The van der Waals surface area contributed by atoms with E-state index >= 15 is 0 Å². The van der Waals surface area contributed by atoms with E-state index in [4.69, 9.17) is 9.47 Å². The average molecular weight is 451 g/mol. The van der Waals surface area contributed by atoms with Gasteiger partial charge in [0, 0.05) is 0 Å². The van der Waals surface area contributed by atoms with Gasteiger partial charge in [-0.1, -0.05) is 31.4 Å². The zero-order valence-electron chi connectivity index (χ0n) is 18.3. The molecule has 2 bridgehead atoms. The summed E-state index contributed by atoms with van der Waals surface area (Å²) in [7, 11) is 1.61. The van der Waals surface area contributed by atoms with Crippen LogP contribution in [0.3, 0.4) is 0 Å². The molecule has 1 aliphatic carbocycles. The summed E-state index contributed by atoms with van der Waals surface area (Å²) in [5, 5.41) is 22.5. The van der Waals surface area contributed by atoms with Gasteiger partial charge in [-0.15, -0.1) is 5.10 Å². The van der Waals surface area contributed by atoms with E-state index < -0.39 is 35.0 Å². The molecule has 0 radical (unpaired) electrons. The minimum atomic E-state index is -0.993. The maximum absolute atomic E-state index is 13.9. The van der Waals surface area contributed by atoms with Crippen LogP contribution in [0.1, 0.15) is 37.9 Å². The number of likely N-dealkylation sites (tertiary alicyclic amines) is 1. The van der Waals surface area contributed by atoms with E-state index in [2.05, 4.69) is 15.5 Å². The van der Waals surface area contributed by atoms with Crippen LogP contribution in [0.15, 0.2) is 36.4 Å². The zero-order chi connectivity index (χ0) is 22.8. The second-order valence-electron chi connectivity index (χ2n) is 9.37. The molecule has 2 aromatic rings. The molecule has 3 aliphatic heterocycles. The Morgan fingerprint density at radius 1 is 1.21 bits per heavy atom. The lowest BCUT2D eigenvalue weighted by atomic mass is 9.77. The molecule has 1 N–H and O–H groups in total. The topological polar surface area (TPSA) is 120 Å². The van der Waals surface area contributed by atoms with E-state index in [1.807, 2.05) is 35.2 Å². The largest absolute Gasteiger partial charge is 0.497 e. The van der Waals surface area contributed by atoms with Gasteiger partial charge in [0.2, 0.25) is 5.91 Å². The molecule has 4 aliphatic rings. The first kappa shape index (κ1) is 20.3. The van der Waals surface area contributed by atoms with Crippen molar-refractivity contribution < 1.29 is 24.2 Å². The van der Waals surface area contributed by atoms with Gasteiger partial charge in [0.15, 0.2) is 5.82 Å². The highest BCUT2D eigenvalue weighted by Crippen LogP contribution is 2.56. The second-order valence-corrected chi connectivity index (χ2v) is 9.37. The molecule has 3 fully saturated rings. The van der Waals surface area contributed by atoms with Crippen molar-refractivity contribution in [2.24, 2.45) is 11.8 Å². The minimum Gasteiger partial charge on any atom is -0.497 e. The molecule has 10 heteroatoms. The molecule has 1 spiro atoms. The number of aliphatic carboxylic acids is 1. The van der Waals surface area contributed by atoms with E-state index in [9.17, 15) is 14.7 Å². The Morgan fingerprint density at radius 3 is 2.67 bits per heavy atom. The van der Waals surface area contributed by atoms with Gasteiger partial charge in [-0.2, -0.15) is 4.68 Å². The number of carbonyl (C=O) groups excluding carboxylic acids is 1. The van der Waals surface area contributed by atoms with Crippen LogP contribution in [-0.2, 0) is 19.9 Å². The van der Waals surface area contributed by atoms with E-state index in [1.54, 1.807) is 17.9 Å². The van der Waals surface area contributed by atoms with Crippen molar-refractivity contribution in [1.82, 2.24) is 25.1 Å². The van der Waals surface area contributed by atoms with Gasteiger partial charge in [0.05, 0.1) is 31.4 Å². The molecule has 172 valence electrons. The monoisotopic (exact) mass is 451 g/mol. The molecule has 2 saturated heterocycles. The predicted molar refractivity (Wildman–Crippen MR) is 114 cm³/mol. The number of fused-ring (bicyclic) bond motifs is 1. The van der Waals surface area contributed by atoms with Gasteiger partial charge >= 0.3 is 5.97 Å². The van der Waals surface area contributed by atoms with Crippen LogP contribution >= 0.6 is 0 Å². The Bertz CT molecular complexity index is 1140. The van der Waals surface area contributed by atoms with Crippen molar-refractivity contribution in [2.45, 2.75) is 49.3 Å². The number of rotatable bonds is 5. The fraction of sp³-hybridized carbons (Fsp3) is 0.522. The van der Waals surface area contributed by atoms with Crippen LogP contribution in [0.4, 0.5) is 0 Å². The molecule has 4 heterocycles. The summed E-state index contributed by atoms with van der Waals surface area (Å²) in [5.41, 5.74) is -0.852. The Kier molecular flexibility index (Phi) is 4.39. The van der Waals surface area contributed by atoms with Gasteiger partial charge in [0.25, 0.3) is 0 Å². The molecule has 4 atom stereocenters. The third kappa shape index (κ3) is 2.73. The van der Waals surface area contributed by atoms with E-state index in [1.165, 1.54) is 0 Å². The van der Waals surface area contributed by atoms with Gasteiger partial charge in [-0.05, 0) is 47.5 Å². The minimum absolute atomic E-state index is 0.180. The lowest BCUT2D eigenvalue weighted by molar-refractivity contribution is -0.150. The number of aromatic nitrogens is 4. The highest BCUT2D eigenvalue weighted by Gasteiger charge is 2.69. The van der Waals surface area contributed by atoms with Crippen LogP contribution in [0, 0.1) is 11.8 Å². The molecule has 1 aromatic heterocycles. The number of methoxy groups -OCH3 is 1. The van der Waals surface area contributed by atoms with Crippen LogP contribution in [-0.4, -0.2) is 67.4 Å². The maximum atomic E-state index is 13.9. The Balaban J connectivity index is 1.44. The first-order valence-electron chi connectivity index (χ1n) is 11.3. The number of hydrogen-bond donors (Lipinski definition) is 1. The fourth-order valence-corrected chi connectivity index (χ4v) is 6.27. The summed E-state index contributed by atoms with van der Waals surface area (Å²) in [6, 6.07) is 7.44. The molecule has 33 heavy (non-hydrogen) atoms. The highest BCUT2D eigenvalue weighted by molar-refractivity contribution is 5.91. The summed E-state index contributed by atoms with van der Waals surface area (Å²) < 4.78 is 13.1. The SMILES string of the molecule is COc1ccc(-n2nnnc2C2(N3CC45C=CC(O4)C(C(=O)O)C5C3=O)CCCCC2)cc1. The van der Waals surface area contributed by atoms with E-state index in [-0.39, 0.29) is 5.91 Å². The van der Waals surface area contributed by atoms with Crippen molar-refractivity contribution in [2.75, 3.05) is 13.7 Å². The van der Waals surface area contributed by atoms with Crippen molar-refractivity contribution in [1.29, 1.82) is 0 Å². The standard InChI is InChI=1S/C23H25N5O5/c1-32-15-7-5-14(6-8-15)28-21(24-25-26-28)22(10-3-2-4-11-22)27-13-23-12-9-16(33-23)17(20(30)31)18(23)19(27)29/h5-9,12,16-18H,2-4,10-11,13H2,1H3,(H,30,31). The Morgan fingerprint density at radius 2 is 1.97 bits per heavy atom. The smallest absolute Gasteiger partial charge is 0.310 e. The lowest BCUT2D eigenvalue weighted by Crippen LogP contribution is -2.52. The van der Waals surface area contributed by atoms with Crippen LogP contribution in [0.25, 0.3) is 5.69 Å². The first-order chi connectivity index (χ1) is 16.0. The summed E-state index contributed by atoms with van der Waals surface area (Å²) in [5.74, 6) is -1.45. The number of carbonyl (C=O) groups is 2. The Labute approximate surface area is 190 Å². The summed E-state index contributed by atoms with van der Waals surface area (Å²) >= 11 is 0. The highest BCUT2D eigenvalue weighted by atomic mass is 16.5. The number of ether oxygens (including phenoxy) is 2. The van der Waals surface area contributed by atoms with Crippen molar-refractivity contribution in [3.63, 3.8) is 0 Å². The Hall–Kier alpha value is -3.27. The number of carboxylic acid groups (broad SMARTS) is 1. The predicted octanol–water partition coefficient (Wildman–Crippen LogP) is 1.70. The number of amides is 1. The number of carboxylic acids is 1. The number of tetrazole rings is 1. The summed E-state index contributed by atoms with van der Waals surface area (Å²) in [6.45, 7) is 0.308. The second kappa shape index (κ2) is 7.11. The van der Waals surface area contributed by atoms with Gasteiger partial charge in [-0.3, -0.25) is 9.59 Å². The van der Waals surface area contributed by atoms with Crippen molar-refractivity contribution >= 4 is 11.9 Å². The molecular formula is C23H25N5O5. The number of hydrogen-bond acceptors (Lipinski definition) is 7. The lowest BCUT2D eigenvalue weighted by Gasteiger charge is -2.44.